The van der Waals surface area contributed by atoms with E-state index >= 15 is 0 Å². The summed E-state index contributed by atoms with van der Waals surface area (Å²) < 4.78 is 27.0. The summed E-state index contributed by atoms with van der Waals surface area (Å²) in [5.74, 6) is 0. The summed E-state index contributed by atoms with van der Waals surface area (Å²) in [6.45, 7) is 7.36. The monoisotopic (exact) mass is 291 g/mol. The summed E-state index contributed by atoms with van der Waals surface area (Å²) in [6, 6.07) is 7.12. The maximum absolute atomic E-state index is 12.7. The third-order valence-corrected chi connectivity index (χ3v) is 6.72. The molecule has 1 heterocycles. The van der Waals surface area contributed by atoms with Crippen LogP contribution in [0.25, 0.3) is 0 Å². The minimum Gasteiger partial charge on any atom is -0.207 e. The Morgan fingerprint density at radius 1 is 1.20 bits per heavy atom. The lowest BCUT2D eigenvalue weighted by atomic mass is 9.82. The minimum absolute atomic E-state index is 0.0533. The number of benzene rings is 1. The Balaban J connectivity index is 1.87. The Kier molecular flexibility index (Phi) is 3.26. The molecule has 1 aromatic carbocycles. The molecule has 4 heteroatoms. The van der Waals surface area contributed by atoms with Gasteiger partial charge in [0.25, 0.3) is 0 Å². The normalized spacial score (nSPS) is 27.6. The van der Waals surface area contributed by atoms with Crippen molar-refractivity contribution >= 4 is 10.0 Å². The Morgan fingerprint density at radius 2 is 1.90 bits per heavy atom. The topological polar surface area (TPSA) is 37.4 Å². The molecule has 1 spiro atoms. The van der Waals surface area contributed by atoms with Crippen LogP contribution in [0.5, 0.6) is 0 Å². The van der Waals surface area contributed by atoms with E-state index in [2.05, 4.69) is 6.58 Å². The highest BCUT2D eigenvalue weighted by atomic mass is 32.2. The zero-order valence-electron chi connectivity index (χ0n) is 11.9. The van der Waals surface area contributed by atoms with Crippen molar-refractivity contribution in [1.82, 2.24) is 4.31 Å². The third kappa shape index (κ3) is 2.11. The molecule has 1 atom stereocenters. The molecule has 3 rings (SSSR count). The van der Waals surface area contributed by atoms with Crippen molar-refractivity contribution in [1.29, 1.82) is 0 Å². The van der Waals surface area contributed by atoms with Gasteiger partial charge < -0.3 is 0 Å². The quantitative estimate of drug-likeness (QED) is 0.785. The van der Waals surface area contributed by atoms with Gasteiger partial charge in [-0.05, 0) is 44.7 Å². The standard InChI is InChI=1S/C16H21NO2S/c1-13-5-7-15(8-6-13)20(18,19)17-11-10-16(12-17)9-3-4-14(16)2/h5-8H,2-4,9-12H2,1H3/t16-/m1/s1. The van der Waals surface area contributed by atoms with Crippen molar-refractivity contribution in [3.63, 3.8) is 0 Å². The van der Waals surface area contributed by atoms with Gasteiger partial charge in [0.15, 0.2) is 0 Å². The maximum Gasteiger partial charge on any atom is 0.243 e. The largest absolute Gasteiger partial charge is 0.243 e. The zero-order chi connectivity index (χ0) is 14.4. The van der Waals surface area contributed by atoms with Gasteiger partial charge in [-0.1, -0.05) is 29.8 Å². The fourth-order valence-electron chi connectivity index (χ4n) is 3.47. The van der Waals surface area contributed by atoms with Crippen LogP contribution in [0.3, 0.4) is 0 Å². The number of rotatable bonds is 2. The highest BCUT2D eigenvalue weighted by Crippen LogP contribution is 2.49. The van der Waals surface area contributed by atoms with Gasteiger partial charge in [-0.2, -0.15) is 4.31 Å². The van der Waals surface area contributed by atoms with Gasteiger partial charge >= 0.3 is 0 Å². The lowest BCUT2D eigenvalue weighted by molar-refractivity contribution is 0.375. The van der Waals surface area contributed by atoms with E-state index in [1.165, 1.54) is 5.57 Å². The molecule has 3 nitrogen and oxygen atoms in total. The van der Waals surface area contributed by atoms with Crippen LogP contribution in [-0.4, -0.2) is 25.8 Å². The van der Waals surface area contributed by atoms with Crippen molar-refractivity contribution in [3.05, 3.63) is 42.0 Å². The summed E-state index contributed by atoms with van der Waals surface area (Å²) in [5.41, 5.74) is 2.38. The second kappa shape index (κ2) is 4.71. The Hall–Kier alpha value is -1.13. The molecule has 1 saturated heterocycles. The second-order valence-corrected chi connectivity index (χ2v) is 8.08. The Morgan fingerprint density at radius 3 is 2.50 bits per heavy atom. The molecule has 2 fully saturated rings. The van der Waals surface area contributed by atoms with Crippen molar-refractivity contribution < 1.29 is 8.42 Å². The average molecular weight is 291 g/mol. The first-order valence-electron chi connectivity index (χ1n) is 7.19. The van der Waals surface area contributed by atoms with Crippen molar-refractivity contribution in [2.45, 2.75) is 37.5 Å². The van der Waals surface area contributed by atoms with Crippen LogP contribution in [0.15, 0.2) is 41.3 Å². The second-order valence-electron chi connectivity index (χ2n) is 6.14. The van der Waals surface area contributed by atoms with Crippen LogP contribution in [0, 0.1) is 12.3 Å². The molecular formula is C16H21NO2S. The smallest absolute Gasteiger partial charge is 0.207 e. The molecule has 0 unspecified atom stereocenters. The predicted octanol–water partition coefficient (Wildman–Crippen LogP) is 3.12. The number of aryl methyl sites for hydroxylation is 1. The fourth-order valence-corrected chi connectivity index (χ4v) is 5.00. The van der Waals surface area contributed by atoms with Gasteiger partial charge in [-0.25, -0.2) is 8.42 Å². The number of hydrogen-bond donors (Lipinski definition) is 0. The van der Waals surface area contributed by atoms with E-state index in [4.69, 9.17) is 0 Å². The zero-order valence-corrected chi connectivity index (χ0v) is 12.7. The molecule has 0 aromatic heterocycles. The summed E-state index contributed by atoms with van der Waals surface area (Å²) in [4.78, 5) is 0.406. The van der Waals surface area contributed by atoms with E-state index in [0.717, 1.165) is 31.2 Å². The number of hydrogen-bond acceptors (Lipinski definition) is 2. The average Bonchev–Trinajstić information content (AvgIpc) is 3.00. The molecule has 108 valence electrons. The van der Waals surface area contributed by atoms with Crippen LogP contribution in [0.4, 0.5) is 0 Å². The summed E-state index contributed by atoms with van der Waals surface area (Å²) in [5, 5.41) is 0. The molecule has 0 N–H and O–H groups in total. The van der Waals surface area contributed by atoms with Crippen molar-refractivity contribution in [3.8, 4) is 0 Å². The summed E-state index contributed by atoms with van der Waals surface area (Å²) in [7, 11) is -3.35. The fraction of sp³-hybridized carbons (Fsp3) is 0.500. The van der Waals surface area contributed by atoms with Crippen LogP contribution in [-0.2, 0) is 10.0 Å². The molecule has 0 amide bonds. The lowest BCUT2D eigenvalue weighted by Crippen LogP contribution is -2.31. The Bertz CT molecular complexity index is 633. The summed E-state index contributed by atoms with van der Waals surface area (Å²) in [6.07, 6.45) is 4.22. The number of sulfonamides is 1. The van der Waals surface area contributed by atoms with Gasteiger partial charge in [-0.3, -0.25) is 0 Å². The Labute approximate surface area is 121 Å². The molecule has 1 aliphatic carbocycles. The predicted molar refractivity (Wildman–Crippen MR) is 80.0 cm³/mol. The van der Waals surface area contributed by atoms with Crippen LogP contribution < -0.4 is 0 Å². The molecule has 1 aromatic rings. The minimum atomic E-state index is -3.35. The highest BCUT2D eigenvalue weighted by Gasteiger charge is 2.46. The van der Waals surface area contributed by atoms with E-state index in [1.807, 2.05) is 19.1 Å². The van der Waals surface area contributed by atoms with Crippen molar-refractivity contribution in [2.24, 2.45) is 5.41 Å². The molecular weight excluding hydrogens is 270 g/mol. The van der Waals surface area contributed by atoms with Crippen LogP contribution >= 0.6 is 0 Å². The third-order valence-electron chi connectivity index (χ3n) is 4.86. The van der Waals surface area contributed by atoms with Crippen LogP contribution in [0.2, 0.25) is 0 Å². The SMILES string of the molecule is C=C1CCC[C@]12CCN(S(=O)(=O)c1ccc(C)cc1)C2. The molecule has 1 saturated carbocycles. The van der Waals surface area contributed by atoms with Crippen molar-refractivity contribution in [2.75, 3.05) is 13.1 Å². The number of nitrogens with zero attached hydrogens (tertiary/aromatic N) is 1. The lowest BCUT2D eigenvalue weighted by Gasteiger charge is -2.25. The molecule has 0 radical (unpaired) electrons. The maximum atomic E-state index is 12.7. The van der Waals surface area contributed by atoms with E-state index in [9.17, 15) is 8.42 Å². The first kappa shape index (κ1) is 13.8. The highest BCUT2D eigenvalue weighted by molar-refractivity contribution is 7.89. The summed E-state index contributed by atoms with van der Waals surface area (Å²) >= 11 is 0. The van der Waals surface area contributed by atoms with E-state index in [0.29, 0.717) is 18.0 Å². The van der Waals surface area contributed by atoms with Gasteiger partial charge in [0.05, 0.1) is 4.90 Å². The van der Waals surface area contributed by atoms with E-state index < -0.39 is 10.0 Å². The molecule has 2 aliphatic rings. The molecule has 0 bridgehead atoms. The van der Waals surface area contributed by atoms with Crippen LogP contribution in [0.1, 0.15) is 31.2 Å². The van der Waals surface area contributed by atoms with Gasteiger partial charge in [0.1, 0.15) is 0 Å². The first-order valence-corrected chi connectivity index (χ1v) is 8.63. The van der Waals surface area contributed by atoms with Gasteiger partial charge in [0, 0.05) is 18.5 Å². The van der Waals surface area contributed by atoms with E-state index in [-0.39, 0.29) is 5.41 Å². The molecule has 20 heavy (non-hydrogen) atoms. The molecule has 1 aliphatic heterocycles. The first-order chi connectivity index (χ1) is 9.44. The van der Waals surface area contributed by atoms with Gasteiger partial charge in [0.2, 0.25) is 10.0 Å². The van der Waals surface area contributed by atoms with Gasteiger partial charge in [-0.15, -0.1) is 0 Å². The van der Waals surface area contributed by atoms with E-state index in [1.54, 1.807) is 16.4 Å².